The van der Waals surface area contributed by atoms with E-state index in [0.29, 0.717) is 18.2 Å². The highest BCUT2D eigenvalue weighted by atomic mass is 16.5. The van der Waals surface area contributed by atoms with Crippen molar-refractivity contribution in [1.29, 1.82) is 0 Å². The highest BCUT2D eigenvalue weighted by molar-refractivity contribution is 5.77. The fourth-order valence-electron chi connectivity index (χ4n) is 6.06. The molecular formula is C25H38N2O2. The Morgan fingerprint density at radius 3 is 2.52 bits per heavy atom. The zero-order chi connectivity index (χ0) is 20.3. The van der Waals surface area contributed by atoms with Crippen molar-refractivity contribution in [2.24, 2.45) is 5.92 Å². The third-order valence-electron chi connectivity index (χ3n) is 7.82. The van der Waals surface area contributed by atoms with Gasteiger partial charge in [0.05, 0.1) is 0 Å². The summed E-state index contributed by atoms with van der Waals surface area (Å²) in [4.78, 5) is 17.5. The Morgan fingerprint density at radius 2 is 1.83 bits per heavy atom. The standard InChI is InChI=1S/C25H38N2O2/c1-3-27(4-2)24(28)17-21-18-25(23-8-6-5-7-22(21)23)11-13-26(14-12-25)19-20-9-15-29-16-10-20/h5-8,20-21H,3-4,9-19H2,1-2H3. The van der Waals surface area contributed by atoms with E-state index in [1.807, 2.05) is 4.90 Å². The van der Waals surface area contributed by atoms with E-state index in [1.54, 1.807) is 5.56 Å². The number of hydrogen-bond acceptors (Lipinski definition) is 3. The number of rotatable bonds is 6. The molecule has 1 amide bonds. The molecule has 4 nitrogen and oxygen atoms in total. The Kier molecular flexibility index (Phi) is 6.60. The molecule has 0 aromatic heterocycles. The fourth-order valence-corrected chi connectivity index (χ4v) is 6.06. The molecule has 1 aliphatic carbocycles. The van der Waals surface area contributed by atoms with E-state index in [1.165, 1.54) is 50.9 Å². The molecule has 2 saturated heterocycles. The van der Waals surface area contributed by atoms with Gasteiger partial charge in [-0.2, -0.15) is 0 Å². The number of carbonyl (C=O) groups excluding carboxylic acids is 1. The quantitative estimate of drug-likeness (QED) is 0.720. The van der Waals surface area contributed by atoms with Gasteiger partial charge in [-0.1, -0.05) is 24.3 Å². The van der Waals surface area contributed by atoms with Gasteiger partial charge in [0.2, 0.25) is 5.91 Å². The molecule has 3 aliphatic rings. The molecule has 2 fully saturated rings. The zero-order valence-electron chi connectivity index (χ0n) is 18.4. The molecule has 4 rings (SSSR count). The molecule has 1 aromatic rings. The minimum atomic E-state index is 0.289. The molecule has 1 unspecified atom stereocenters. The van der Waals surface area contributed by atoms with Gasteiger partial charge in [-0.05, 0) is 87.4 Å². The summed E-state index contributed by atoms with van der Waals surface area (Å²) in [5.74, 6) is 1.53. The SMILES string of the molecule is CCN(CC)C(=O)CC1CC2(CCN(CC3CCOCC3)CC2)c2ccccc21. The molecule has 2 heterocycles. The molecule has 1 spiro atoms. The number of fused-ring (bicyclic) bond motifs is 2. The number of ether oxygens (including phenoxy) is 1. The van der Waals surface area contributed by atoms with Gasteiger partial charge >= 0.3 is 0 Å². The van der Waals surface area contributed by atoms with Crippen LogP contribution in [0.3, 0.4) is 0 Å². The van der Waals surface area contributed by atoms with Gasteiger partial charge < -0.3 is 14.5 Å². The molecule has 1 aromatic carbocycles. The number of likely N-dealkylation sites (tertiary alicyclic amines) is 1. The van der Waals surface area contributed by atoms with E-state index in [2.05, 4.69) is 43.0 Å². The monoisotopic (exact) mass is 398 g/mol. The second kappa shape index (κ2) is 9.18. The number of nitrogens with zero attached hydrogens (tertiary/aromatic N) is 2. The smallest absolute Gasteiger partial charge is 0.223 e. The predicted octanol–water partition coefficient (Wildman–Crippen LogP) is 4.19. The summed E-state index contributed by atoms with van der Waals surface area (Å²) in [6, 6.07) is 9.00. The van der Waals surface area contributed by atoms with Crippen molar-refractivity contribution in [3.8, 4) is 0 Å². The van der Waals surface area contributed by atoms with Crippen LogP contribution in [0.25, 0.3) is 0 Å². The van der Waals surface area contributed by atoms with Crippen molar-refractivity contribution in [1.82, 2.24) is 9.80 Å². The lowest BCUT2D eigenvalue weighted by molar-refractivity contribution is -0.131. The van der Waals surface area contributed by atoms with Gasteiger partial charge in [-0.3, -0.25) is 4.79 Å². The van der Waals surface area contributed by atoms with Crippen LogP contribution in [0.2, 0.25) is 0 Å². The highest BCUT2D eigenvalue weighted by Gasteiger charge is 2.45. The number of benzene rings is 1. The van der Waals surface area contributed by atoms with Crippen LogP contribution in [-0.2, 0) is 14.9 Å². The summed E-state index contributed by atoms with van der Waals surface area (Å²) < 4.78 is 5.53. The van der Waals surface area contributed by atoms with Crippen LogP contribution < -0.4 is 0 Å². The number of hydrogen-bond donors (Lipinski definition) is 0. The maximum atomic E-state index is 12.8. The molecular weight excluding hydrogens is 360 g/mol. The van der Waals surface area contributed by atoms with Crippen LogP contribution in [0.4, 0.5) is 0 Å². The molecule has 0 N–H and O–H groups in total. The van der Waals surface area contributed by atoms with Crippen molar-refractivity contribution in [3.63, 3.8) is 0 Å². The number of carbonyl (C=O) groups is 1. The molecule has 0 radical (unpaired) electrons. The van der Waals surface area contributed by atoms with E-state index in [-0.39, 0.29) is 5.41 Å². The van der Waals surface area contributed by atoms with Crippen molar-refractivity contribution >= 4 is 5.91 Å². The molecule has 1 atom stereocenters. The van der Waals surface area contributed by atoms with E-state index < -0.39 is 0 Å². The third kappa shape index (κ3) is 4.39. The van der Waals surface area contributed by atoms with E-state index in [9.17, 15) is 4.79 Å². The highest BCUT2D eigenvalue weighted by Crippen LogP contribution is 2.52. The van der Waals surface area contributed by atoms with Gasteiger partial charge in [0.15, 0.2) is 0 Å². The Balaban J connectivity index is 1.42. The van der Waals surface area contributed by atoms with Crippen LogP contribution in [-0.4, -0.2) is 61.6 Å². The molecule has 4 heteroatoms. The van der Waals surface area contributed by atoms with Crippen molar-refractivity contribution in [2.75, 3.05) is 45.9 Å². The largest absolute Gasteiger partial charge is 0.381 e. The van der Waals surface area contributed by atoms with Gasteiger partial charge in [0.25, 0.3) is 0 Å². The lowest BCUT2D eigenvalue weighted by Gasteiger charge is -2.42. The van der Waals surface area contributed by atoms with Crippen molar-refractivity contribution < 1.29 is 9.53 Å². The van der Waals surface area contributed by atoms with Gasteiger partial charge in [-0.15, -0.1) is 0 Å². The van der Waals surface area contributed by atoms with Crippen LogP contribution in [0, 0.1) is 5.92 Å². The van der Waals surface area contributed by atoms with Crippen LogP contribution in [0.15, 0.2) is 24.3 Å². The molecule has 160 valence electrons. The summed E-state index contributed by atoms with van der Waals surface area (Å²) in [7, 11) is 0. The van der Waals surface area contributed by atoms with Crippen molar-refractivity contribution in [3.05, 3.63) is 35.4 Å². The molecule has 2 aliphatic heterocycles. The second-order valence-corrected chi connectivity index (χ2v) is 9.40. The summed E-state index contributed by atoms with van der Waals surface area (Å²) in [6.07, 6.45) is 6.75. The summed E-state index contributed by atoms with van der Waals surface area (Å²) in [5.41, 5.74) is 3.28. The fraction of sp³-hybridized carbons (Fsp3) is 0.720. The first-order chi connectivity index (χ1) is 14.1. The van der Waals surface area contributed by atoms with E-state index in [4.69, 9.17) is 4.74 Å². The summed E-state index contributed by atoms with van der Waals surface area (Å²) in [5, 5.41) is 0. The lowest BCUT2D eigenvalue weighted by Crippen LogP contribution is -2.44. The third-order valence-corrected chi connectivity index (χ3v) is 7.82. The van der Waals surface area contributed by atoms with Crippen molar-refractivity contribution in [2.45, 2.75) is 63.7 Å². The maximum absolute atomic E-state index is 12.8. The topological polar surface area (TPSA) is 32.8 Å². The number of amides is 1. The average molecular weight is 399 g/mol. The first-order valence-electron chi connectivity index (χ1n) is 11.8. The molecule has 29 heavy (non-hydrogen) atoms. The first kappa shape index (κ1) is 20.9. The molecule has 0 bridgehead atoms. The maximum Gasteiger partial charge on any atom is 0.223 e. The normalized spacial score (nSPS) is 24.6. The summed E-state index contributed by atoms with van der Waals surface area (Å²) in [6.45, 7) is 11.3. The summed E-state index contributed by atoms with van der Waals surface area (Å²) >= 11 is 0. The van der Waals surface area contributed by atoms with E-state index >= 15 is 0 Å². The van der Waals surface area contributed by atoms with Gasteiger partial charge in [-0.25, -0.2) is 0 Å². The Labute approximate surface area is 176 Å². The minimum absolute atomic E-state index is 0.289. The van der Waals surface area contributed by atoms with Crippen LogP contribution in [0.5, 0.6) is 0 Å². The lowest BCUT2D eigenvalue weighted by atomic mass is 9.73. The second-order valence-electron chi connectivity index (χ2n) is 9.40. The first-order valence-corrected chi connectivity index (χ1v) is 11.8. The Morgan fingerprint density at radius 1 is 1.14 bits per heavy atom. The minimum Gasteiger partial charge on any atom is -0.381 e. The Bertz CT molecular complexity index is 686. The van der Waals surface area contributed by atoms with Crippen LogP contribution >= 0.6 is 0 Å². The Hall–Kier alpha value is -1.39. The van der Waals surface area contributed by atoms with Crippen LogP contribution in [0.1, 0.15) is 69.4 Å². The van der Waals surface area contributed by atoms with Gasteiger partial charge in [0, 0.05) is 39.3 Å². The van der Waals surface area contributed by atoms with E-state index in [0.717, 1.165) is 38.6 Å². The van der Waals surface area contributed by atoms with Gasteiger partial charge in [0.1, 0.15) is 0 Å². The average Bonchev–Trinajstić information content (AvgIpc) is 3.05. The number of piperidine rings is 1. The molecule has 0 saturated carbocycles. The zero-order valence-corrected chi connectivity index (χ0v) is 18.4. The predicted molar refractivity (Wildman–Crippen MR) is 117 cm³/mol.